The number of Topliss-reactive ketones (excluding diaryl/α,β-unsaturated/α-hetero) is 1. The molecule has 3 saturated carbocycles. The summed E-state index contributed by atoms with van der Waals surface area (Å²) in [6, 6.07) is 3.12. The number of hydrogen-bond acceptors (Lipinski definition) is 11. The lowest BCUT2D eigenvalue weighted by Gasteiger charge is -2.35. The zero-order chi connectivity index (χ0) is 43.7. The van der Waals surface area contributed by atoms with E-state index in [-0.39, 0.29) is 55.6 Å². The summed E-state index contributed by atoms with van der Waals surface area (Å²) in [7, 11) is -2.83. The Bertz CT molecular complexity index is 2160. The molecule has 18 heteroatoms. The number of benzene rings is 1. The number of ether oxygens (including phenoxy) is 3. The fraction of sp³-hybridized carbons (Fsp3) is 0.714. The first kappa shape index (κ1) is 44.0. The van der Waals surface area contributed by atoms with E-state index in [2.05, 4.69) is 9.97 Å². The van der Waals surface area contributed by atoms with Gasteiger partial charge in [0.05, 0.1) is 53.2 Å². The Hall–Kier alpha value is -4.09. The van der Waals surface area contributed by atoms with Crippen molar-refractivity contribution in [2.45, 2.75) is 141 Å². The smallest absolute Gasteiger partial charge is 0.306 e. The van der Waals surface area contributed by atoms with Crippen molar-refractivity contribution in [3.8, 4) is 11.6 Å². The van der Waals surface area contributed by atoms with Crippen LogP contribution in [0.25, 0.3) is 11.0 Å². The second-order valence-electron chi connectivity index (χ2n) is 18.8. The highest BCUT2D eigenvalue weighted by atomic mass is 32.2. The highest BCUT2D eigenvalue weighted by molar-refractivity contribution is 7.91. The predicted molar refractivity (Wildman–Crippen MR) is 209 cm³/mol. The normalized spacial score (nSPS) is 31.5. The van der Waals surface area contributed by atoms with Crippen LogP contribution in [0.3, 0.4) is 0 Å². The lowest BCUT2D eigenvalue weighted by molar-refractivity contribution is -0.154. The Kier molecular flexibility index (Phi) is 11.5. The van der Waals surface area contributed by atoms with Gasteiger partial charge in [-0.25, -0.2) is 27.2 Å². The van der Waals surface area contributed by atoms with Crippen molar-refractivity contribution in [2.75, 3.05) is 13.7 Å². The molecule has 0 radical (unpaired) electrons. The van der Waals surface area contributed by atoms with Crippen molar-refractivity contribution in [3.63, 3.8) is 0 Å². The monoisotopic (exact) mass is 866 g/mol. The highest BCUT2D eigenvalue weighted by Crippen LogP contribution is 2.59. The molecule has 3 aliphatic carbocycles. The number of rotatable bonds is 9. The fourth-order valence-electron chi connectivity index (χ4n) is 9.04. The van der Waals surface area contributed by atoms with Crippen LogP contribution in [-0.2, 0) is 39.9 Å². The Balaban J connectivity index is 1.30. The summed E-state index contributed by atoms with van der Waals surface area (Å²) in [5.74, 6) is -10.6. The molecule has 1 aromatic heterocycles. The van der Waals surface area contributed by atoms with Gasteiger partial charge in [0.2, 0.25) is 34.1 Å². The van der Waals surface area contributed by atoms with Gasteiger partial charge in [0.25, 0.3) is 5.92 Å². The zero-order valence-corrected chi connectivity index (χ0v) is 35.6. The fourth-order valence-corrected chi connectivity index (χ4v) is 10.4. The number of fused-ring (bicyclic) bond motifs is 5. The van der Waals surface area contributed by atoms with Crippen LogP contribution in [0.4, 0.5) is 17.6 Å². The van der Waals surface area contributed by atoms with E-state index in [4.69, 9.17) is 14.2 Å². The molecule has 2 aromatic rings. The highest BCUT2D eigenvalue weighted by Gasteiger charge is 2.67. The summed E-state index contributed by atoms with van der Waals surface area (Å²) in [5.41, 5.74) is -3.36. The Labute approximate surface area is 347 Å². The number of ketones is 1. The number of carbonyl (C=O) groups excluding carboxylic acids is 4. The molecule has 60 heavy (non-hydrogen) atoms. The molecular formula is C42H54F4N4O9S. The van der Waals surface area contributed by atoms with Crippen LogP contribution in [-0.4, -0.2) is 89.9 Å². The van der Waals surface area contributed by atoms with Gasteiger partial charge in [-0.3, -0.25) is 23.9 Å². The molecule has 0 spiro atoms. The largest absolute Gasteiger partial charge is 0.497 e. The first-order chi connectivity index (χ1) is 28.0. The molecule has 0 unspecified atom stereocenters. The summed E-state index contributed by atoms with van der Waals surface area (Å²) in [4.78, 5) is 66.9. The Morgan fingerprint density at radius 1 is 1.05 bits per heavy atom. The Morgan fingerprint density at radius 3 is 2.38 bits per heavy atom. The number of aromatic nitrogens is 2. The van der Waals surface area contributed by atoms with Gasteiger partial charge in [0, 0.05) is 30.7 Å². The maximum atomic E-state index is 16.4. The minimum Gasteiger partial charge on any atom is -0.497 e. The van der Waals surface area contributed by atoms with Gasteiger partial charge in [-0.15, -0.1) is 0 Å². The van der Waals surface area contributed by atoms with E-state index in [9.17, 15) is 36.4 Å². The van der Waals surface area contributed by atoms with Gasteiger partial charge in [-0.2, -0.15) is 8.78 Å². The number of amides is 2. The molecule has 2 aliphatic heterocycles. The average Bonchev–Trinajstić information content (AvgIpc) is 4.12. The summed E-state index contributed by atoms with van der Waals surface area (Å²) < 4.78 is 106. The lowest BCUT2D eigenvalue weighted by Crippen LogP contribution is -2.50. The van der Waals surface area contributed by atoms with Crippen LogP contribution < -0.4 is 14.2 Å². The van der Waals surface area contributed by atoms with E-state index in [1.807, 2.05) is 4.72 Å². The number of halogens is 4. The number of nitrogens with one attached hydrogen (secondary N) is 1. The lowest BCUT2D eigenvalue weighted by atomic mass is 9.77. The SMILES string of the molecule is CC[C@@H]1[C@@H]2CN(C(=O)[C@H](C(C)(C)C)CC(=O)O[C@@H]3C[C@H]3CCCCC(F)(F)c3nc4ccc(OC)cc4nc3O2)[C@@H]1C(=O)C[C@]1(C(=O)NS(=O)(=O)C2(C)CC2)C[C@H]1C(F)F. The van der Waals surface area contributed by atoms with Gasteiger partial charge in [0.15, 0.2) is 11.5 Å². The van der Waals surface area contributed by atoms with Crippen LogP contribution in [0, 0.1) is 34.5 Å². The molecule has 2 amide bonds. The standard InChI is InChI=1S/C42H54F4N4O9S/c1-7-24-31-21-50(33(24)29(51)20-41(19-26(41)35(43)44)38(54)49-60(55,56)40(5)14-15-40)37(53)25(39(2,3)4)18-32(52)58-30-16-22(30)10-8-9-13-42(45,46)34-36(59-31)48-28-17-23(57-6)11-12-27(28)47-34/h11-12,17,22,24-26,30-31,33,35H,7-10,13-16,18-21H2,1-6H3,(H,49,54)/t22-,24-,25-,26+,30-,31+,33+,41-/m1/s1. The summed E-state index contributed by atoms with van der Waals surface area (Å²) >= 11 is 0. The third-order valence-corrected chi connectivity index (χ3v) is 15.7. The molecule has 7 rings (SSSR count). The quantitative estimate of drug-likeness (QED) is 0.216. The van der Waals surface area contributed by atoms with Crippen molar-refractivity contribution in [1.29, 1.82) is 0 Å². The zero-order valence-electron chi connectivity index (χ0n) is 34.8. The van der Waals surface area contributed by atoms with Gasteiger partial charge >= 0.3 is 5.97 Å². The third kappa shape index (κ3) is 8.42. The molecule has 1 saturated heterocycles. The molecule has 5 aliphatic rings. The number of methoxy groups -OCH3 is 1. The van der Waals surface area contributed by atoms with Crippen molar-refractivity contribution >= 4 is 44.6 Å². The van der Waals surface area contributed by atoms with Crippen molar-refractivity contribution in [2.24, 2.45) is 34.5 Å². The van der Waals surface area contributed by atoms with Crippen molar-refractivity contribution < 1.29 is 59.4 Å². The molecule has 2 bridgehead atoms. The van der Waals surface area contributed by atoms with Gasteiger partial charge in [-0.1, -0.05) is 34.1 Å². The molecular weight excluding hydrogens is 813 g/mol. The van der Waals surface area contributed by atoms with Crippen LogP contribution >= 0.6 is 0 Å². The second kappa shape index (κ2) is 15.7. The predicted octanol–water partition coefficient (Wildman–Crippen LogP) is 6.50. The molecule has 1 aromatic carbocycles. The van der Waals surface area contributed by atoms with Gasteiger partial charge in [0.1, 0.15) is 18.0 Å². The van der Waals surface area contributed by atoms with Crippen LogP contribution in [0.15, 0.2) is 18.2 Å². The van der Waals surface area contributed by atoms with Crippen LogP contribution in [0.1, 0.15) is 111 Å². The maximum absolute atomic E-state index is 16.4. The van der Waals surface area contributed by atoms with Crippen LogP contribution in [0.2, 0.25) is 0 Å². The second-order valence-corrected chi connectivity index (χ2v) is 21.0. The van der Waals surface area contributed by atoms with E-state index in [0.29, 0.717) is 25.0 Å². The number of sulfonamides is 1. The van der Waals surface area contributed by atoms with Gasteiger partial charge in [-0.05, 0) is 75.3 Å². The van der Waals surface area contributed by atoms with Crippen molar-refractivity contribution in [1.82, 2.24) is 19.6 Å². The number of nitrogens with zero attached hydrogens (tertiary/aromatic N) is 3. The minimum atomic E-state index is -4.27. The number of carbonyl (C=O) groups is 4. The molecule has 1 N–H and O–H groups in total. The topological polar surface area (TPSA) is 171 Å². The Morgan fingerprint density at radius 2 is 1.77 bits per heavy atom. The number of esters is 1. The van der Waals surface area contributed by atoms with Gasteiger partial charge < -0.3 is 19.1 Å². The first-order valence-electron chi connectivity index (χ1n) is 20.8. The molecule has 13 nitrogen and oxygen atoms in total. The van der Waals surface area contributed by atoms with E-state index in [1.54, 1.807) is 33.8 Å². The summed E-state index contributed by atoms with van der Waals surface area (Å²) in [6.45, 7) is 8.01. The molecule has 4 fully saturated rings. The summed E-state index contributed by atoms with van der Waals surface area (Å²) in [5, 5.41) is 0. The molecule has 8 atom stereocenters. The van der Waals surface area contributed by atoms with Crippen molar-refractivity contribution in [3.05, 3.63) is 23.9 Å². The van der Waals surface area contributed by atoms with Crippen LogP contribution in [0.5, 0.6) is 11.6 Å². The first-order valence-corrected chi connectivity index (χ1v) is 22.3. The van der Waals surface area contributed by atoms with E-state index in [1.165, 1.54) is 31.1 Å². The van der Waals surface area contributed by atoms with E-state index < -0.39 is 128 Å². The third-order valence-electron chi connectivity index (χ3n) is 13.5. The average molecular weight is 867 g/mol. The number of hydrogen-bond donors (Lipinski definition) is 1. The van der Waals surface area contributed by atoms with E-state index >= 15 is 8.78 Å². The molecule has 3 heterocycles. The molecule has 330 valence electrons. The minimum absolute atomic E-state index is 0.0163. The maximum Gasteiger partial charge on any atom is 0.306 e. The van der Waals surface area contributed by atoms with E-state index in [0.717, 1.165) is 0 Å². The summed E-state index contributed by atoms with van der Waals surface area (Å²) in [6.07, 6.45) is -4.58. The number of alkyl halides is 4.